The molecule has 0 radical (unpaired) electrons. The summed E-state index contributed by atoms with van der Waals surface area (Å²) in [6.45, 7) is 4.21. The fourth-order valence-corrected chi connectivity index (χ4v) is 3.39. The van der Waals surface area contributed by atoms with Gasteiger partial charge in [0.15, 0.2) is 0 Å². The van der Waals surface area contributed by atoms with E-state index in [1.807, 2.05) is 37.3 Å². The Hall–Kier alpha value is -1.57. The standard InChI is InChI=1S/C26H42O2/c1-3-4-5-6-7-8-9-10-11-12-13-14-15-16-20-23-26(27)28-24(2)25-21-18-17-19-22-25/h10-11,17-19,21-22,24H,3-9,12-16,20,23H2,1-2H3/b11-10+. The van der Waals surface area contributed by atoms with Crippen molar-refractivity contribution in [2.24, 2.45) is 0 Å². The van der Waals surface area contributed by atoms with Crippen LogP contribution in [0.25, 0.3) is 0 Å². The first kappa shape index (κ1) is 24.5. The Morgan fingerprint density at radius 3 is 1.96 bits per heavy atom. The van der Waals surface area contributed by atoms with Crippen molar-refractivity contribution < 1.29 is 9.53 Å². The molecule has 0 heterocycles. The van der Waals surface area contributed by atoms with Gasteiger partial charge in [-0.15, -0.1) is 0 Å². The first-order valence-corrected chi connectivity index (χ1v) is 11.6. The molecule has 28 heavy (non-hydrogen) atoms. The number of hydrogen-bond acceptors (Lipinski definition) is 2. The predicted octanol–water partition coefficient (Wildman–Crippen LogP) is 8.33. The molecule has 1 aromatic rings. The smallest absolute Gasteiger partial charge is 0.306 e. The number of hydrogen-bond donors (Lipinski definition) is 0. The zero-order valence-electron chi connectivity index (χ0n) is 18.3. The van der Waals surface area contributed by atoms with Gasteiger partial charge in [-0.2, -0.15) is 0 Å². The summed E-state index contributed by atoms with van der Waals surface area (Å²) in [5, 5.41) is 0. The summed E-state index contributed by atoms with van der Waals surface area (Å²) >= 11 is 0. The second kappa shape index (κ2) is 17.5. The molecule has 0 aliphatic heterocycles. The van der Waals surface area contributed by atoms with Gasteiger partial charge >= 0.3 is 5.97 Å². The van der Waals surface area contributed by atoms with Gasteiger partial charge < -0.3 is 4.74 Å². The van der Waals surface area contributed by atoms with Gasteiger partial charge in [0, 0.05) is 6.42 Å². The number of rotatable bonds is 17. The van der Waals surface area contributed by atoms with Gasteiger partial charge in [0.2, 0.25) is 0 Å². The molecule has 0 spiro atoms. The first-order chi connectivity index (χ1) is 13.7. The number of allylic oxidation sites excluding steroid dienone is 2. The van der Waals surface area contributed by atoms with Crippen molar-refractivity contribution in [2.75, 3.05) is 0 Å². The minimum absolute atomic E-state index is 0.0750. The van der Waals surface area contributed by atoms with Gasteiger partial charge in [-0.05, 0) is 44.6 Å². The zero-order chi connectivity index (χ0) is 20.3. The molecule has 1 atom stereocenters. The Kier molecular flexibility index (Phi) is 15.3. The van der Waals surface area contributed by atoms with Crippen LogP contribution in [0, 0.1) is 0 Å². The van der Waals surface area contributed by atoms with Crippen LogP contribution in [0.4, 0.5) is 0 Å². The average molecular weight is 387 g/mol. The van der Waals surface area contributed by atoms with E-state index in [4.69, 9.17) is 4.74 Å². The normalized spacial score (nSPS) is 12.4. The highest BCUT2D eigenvalue weighted by Crippen LogP contribution is 2.17. The van der Waals surface area contributed by atoms with E-state index in [0.717, 1.165) is 18.4 Å². The van der Waals surface area contributed by atoms with Crippen molar-refractivity contribution in [3.63, 3.8) is 0 Å². The molecule has 0 saturated carbocycles. The number of unbranched alkanes of at least 4 members (excludes halogenated alkanes) is 11. The Morgan fingerprint density at radius 2 is 1.36 bits per heavy atom. The highest BCUT2D eigenvalue weighted by molar-refractivity contribution is 5.69. The van der Waals surface area contributed by atoms with Crippen LogP contribution in [0.3, 0.4) is 0 Å². The molecule has 0 amide bonds. The minimum Gasteiger partial charge on any atom is -0.458 e. The van der Waals surface area contributed by atoms with Gasteiger partial charge in [0.25, 0.3) is 0 Å². The molecule has 0 aliphatic rings. The third kappa shape index (κ3) is 13.6. The molecule has 1 rings (SSSR count). The molecule has 0 aromatic heterocycles. The Morgan fingerprint density at radius 1 is 0.821 bits per heavy atom. The lowest BCUT2D eigenvalue weighted by Crippen LogP contribution is -2.08. The minimum atomic E-state index is -0.156. The Balaban J connectivity index is 1.88. The lowest BCUT2D eigenvalue weighted by Gasteiger charge is -2.13. The third-order valence-corrected chi connectivity index (χ3v) is 5.22. The summed E-state index contributed by atoms with van der Waals surface area (Å²) in [6, 6.07) is 9.93. The van der Waals surface area contributed by atoms with Crippen molar-refractivity contribution in [1.29, 1.82) is 0 Å². The summed E-state index contributed by atoms with van der Waals surface area (Å²) in [5.41, 5.74) is 1.06. The van der Waals surface area contributed by atoms with E-state index in [0.29, 0.717) is 6.42 Å². The fourth-order valence-electron chi connectivity index (χ4n) is 3.39. The van der Waals surface area contributed by atoms with Crippen LogP contribution in [0.2, 0.25) is 0 Å². The molecule has 0 N–H and O–H groups in total. The zero-order valence-corrected chi connectivity index (χ0v) is 18.3. The van der Waals surface area contributed by atoms with Gasteiger partial charge in [0.05, 0.1) is 0 Å². The van der Waals surface area contributed by atoms with Gasteiger partial charge in [0.1, 0.15) is 6.10 Å². The second-order valence-electron chi connectivity index (χ2n) is 7.88. The Bertz CT molecular complexity index is 506. The molecule has 158 valence electrons. The van der Waals surface area contributed by atoms with Crippen molar-refractivity contribution in [3.05, 3.63) is 48.0 Å². The van der Waals surface area contributed by atoms with Gasteiger partial charge in [-0.1, -0.05) is 101 Å². The van der Waals surface area contributed by atoms with Crippen LogP contribution in [-0.2, 0) is 9.53 Å². The average Bonchev–Trinajstić information content (AvgIpc) is 2.71. The molecule has 0 saturated heterocycles. The molecular formula is C26H42O2. The molecule has 0 fully saturated rings. The number of carbonyl (C=O) groups excluding carboxylic acids is 1. The molecular weight excluding hydrogens is 344 g/mol. The first-order valence-electron chi connectivity index (χ1n) is 11.6. The maximum Gasteiger partial charge on any atom is 0.306 e. The van der Waals surface area contributed by atoms with E-state index in [9.17, 15) is 4.79 Å². The highest BCUT2D eigenvalue weighted by atomic mass is 16.5. The van der Waals surface area contributed by atoms with E-state index in [1.165, 1.54) is 70.6 Å². The van der Waals surface area contributed by atoms with Crippen molar-refractivity contribution >= 4 is 5.97 Å². The molecule has 1 aromatic carbocycles. The third-order valence-electron chi connectivity index (χ3n) is 5.22. The highest BCUT2D eigenvalue weighted by Gasteiger charge is 2.10. The van der Waals surface area contributed by atoms with Crippen LogP contribution in [0.1, 0.15) is 115 Å². The summed E-state index contributed by atoms with van der Waals surface area (Å²) in [5.74, 6) is -0.0750. The van der Waals surface area contributed by atoms with E-state index in [2.05, 4.69) is 19.1 Å². The maximum absolute atomic E-state index is 11.9. The fraction of sp³-hybridized carbons (Fsp3) is 0.654. The van der Waals surface area contributed by atoms with E-state index in [1.54, 1.807) is 0 Å². The van der Waals surface area contributed by atoms with Gasteiger partial charge in [-0.25, -0.2) is 0 Å². The summed E-state index contributed by atoms with van der Waals surface area (Å²) < 4.78 is 5.51. The Labute approximate surface area is 173 Å². The van der Waals surface area contributed by atoms with Crippen molar-refractivity contribution in [3.8, 4) is 0 Å². The monoisotopic (exact) mass is 386 g/mol. The molecule has 2 nitrogen and oxygen atoms in total. The molecule has 0 bridgehead atoms. The summed E-state index contributed by atoms with van der Waals surface area (Å²) in [4.78, 5) is 11.9. The van der Waals surface area contributed by atoms with Crippen molar-refractivity contribution in [1.82, 2.24) is 0 Å². The lowest BCUT2D eigenvalue weighted by atomic mass is 10.1. The van der Waals surface area contributed by atoms with Crippen LogP contribution < -0.4 is 0 Å². The van der Waals surface area contributed by atoms with Crippen LogP contribution >= 0.6 is 0 Å². The topological polar surface area (TPSA) is 26.3 Å². The van der Waals surface area contributed by atoms with Crippen LogP contribution in [0.15, 0.2) is 42.5 Å². The number of carbonyl (C=O) groups is 1. The van der Waals surface area contributed by atoms with E-state index >= 15 is 0 Å². The molecule has 1 unspecified atom stereocenters. The predicted molar refractivity (Wildman–Crippen MR) is 120 cm³/mol. The van der Waals surface area contributed by atoms with Crippen LogP contribution in [0.5, 0.6) is 0 Å². The van der Waals surface area contributed by atoms with E-state index in [-0.39, 0.29) is 12.1 Å². The summed E-state index contributed by atoms with van der Waals surface area (Å²) in [7, 11) is 0. The largest absolute Gasteiger partial charge is 0.458 e. The lowest BCUT2D eigenvalue weighted by molar-refractivity contribution is -0.148. The number of esters is 1. The van der Waals surface area contributed by atoms with E-state index < -0.39 is 0 Å². The maximum atomic E-state index is 11.9. The summed E-state index contributed by atoms with van der Waals surface area (Å²) in [6.07, 6.45) is 21.6. The van der Waals surface area contributed by atoms with Gasteiger partial charge in [-0.3, -0.25) is 4.79 Å². The SMILES string of the molecule is CCCCCCCC/C=C/CCCCCCCC(=O)OC(C)c1ccccc1. The van der Waals surface area contributed by atoms with Crippen molar-refractivity contribution in [2.45, 2.75) is 110 Å². The molecule has 2 heteroatoms. The number of ether oxygens (including phenoxy) is 1. The second-order valence-corrected chi connectivity index (χ2v) is 7.88. The molecule has 0 aliphatic carbocycles. The quantitative estimate of drug-likeness (QED) is 0.153. The van der Waals surface area contributed by atoms with Crippen LogP contribution in [-0.4, -0.2) is 5.97 Å². The number of benzene rings is 1.